The number of hydrogen-bond acceptors (Lipinski definition) is 5. The monoisotopic (exact) mass is 245 g/mol. The molecular formula is C10H19N3O4. The molecule has 0 rings (SSSR count). The Morgan fingerprint density at radius 3 is 2.24 bits per heavy atom. The van der Waals surface area contributed by atoms with Crippen LogP contribution in [0.25, 0.3) is 0 Å². The van der Waals surface area contributed by atoms with Gasteiger partial charge < -0.3 is 21.5 Å². The van der Waals surface area contributed by atoms with Gasteiger partial charge in [0.05, 0.1) is 12.1 Å². The minimum absolute atomic E-state index is 0.0242. The average Bonchev–Trinajstić information content (AvgIpc) is 2.25. The Kier molecular flexibility index (Phi) is 7.08. The van der Waals surface area contributed by atoms with Gasteiger partial charge in [-0.25, -0.2) is 0 Å². The molecule has 98 valence electrons. The van der Waals surface area contributed by atoms with Gasteiger partial charge in [-0.15, -0.1) is 0 Å². The zero-order valence-corrected chi connectivity index (χ0v) is 10.0. The third-order valence-electron chi connectivity index (χ3n) is 2.35. The Morgan fingerprint density at radius 2 is 1.88 bits per heavy atom. The number of carbonyl (C=O) groups is 3. The largest absolute Gasteiger partial charge is 0.481 e. The molecule has 0 spiro atoms. The minimum atomic E-state index is -0.972. The Bertz CT molecular complexity index is 293. The summed E-state index contributed by atoms with van der Waals surface area (Å²) in [5.41, 5.74) is 5.34. The third kappa shape index (κ3) is 5.98. The molecular weight excluding hydrogens is 226 g/mol. The van der Waals surface area contributed by atoms with E-state index < -0.39 is 24.0 Å². The summed E-state index contributed by atoms with van der Waals surface area (Å²) in [6.07, 6.45) is 0.0408. The van der Waals surface area contributed by atoms with Gasteiger partial charge in [-0.2, -0.15) is 0 Å². The van der Waals surface area contributed by atoms with Crippen molar-refractivity contribution < 1.29 is 19.5 Å². The van der Waals surface area contributed by atoms with Crippen molar-refractivity contribution in [1.29, 1.82) is 0 Å². The van der Waals surface area contributed by atoms with Crippen molar-refractivity contribution >= 4 is 17.7 Å². The lowest BCUT2D eigenvalue weighted by molar-refractivity contribution is -0.137. The lowest BCUT2D eigenvalue weighted by Crippen LogP contribution is -2.51. The molecule has 0 fully saturated rings. The van der Waals surface area contributed by atoms with Gasteiger partial charge in [0.1, 0.15) is 0 Å². The summed E-state index contributed by atoms with van der Waals surface area (Å²) < 4.78 is 0. The summed E-state index contributed by atoms with van der Waals surface area (Å²) >= 11 is 0. The summed E-state index contributed by atoms with van der Waals surface area (Å²) in [4.78, 5) is 33.2. The maximum absolute atomic E-state index is 11.7. The van der Waals surface area contributed by atoms with E-state index in [1.54, 1.807) is 7.05 Å². The molecule has 2 atom stereocenters. The van der Waals surface area contributed by atoms with Gasteiger partial charge in [0.2, 0.25) is 5.91 Å². The molecule has 0 heterocycles. The Hall–Kier alpha value is -1.47. The first-order valence-corrected chi connectivity index (χ1v) is 5.32. The number of carboxylic acids is 1. The minimum Gasteiger partial charge on any atom is -0.481 e. The van der Waals surface area contributed by atoms with Crippen LogP contribution < -0.4 is 16.4 Å². The number of nitrogens with two attached hydrogens (primary N) is 1. The normalized spacial score (nSPS) is 13.8. The van der Waals surface area contributed by atoms with Gasteiger partial charge in [-0.05, 0) is 20.4 Å². The number of hydrogen-bond donors (Lipinski definition) is 4. The fraction of sp³-hybridized carbons (Fsp3) is 0.700. The van der Waals surface area contributed by atoms with Crippen molar-refractivity contribution in [2.75, 3.05) is 13.6 Å². The van der Waals surface area contributed by atoms with Crippen LogP contribution in [0.1, 0.15) is 19.8 Å². The second-order valence-corrected chi connectivity index (χ2v) is 3.68. The number of carbonyl (C=O) groups excluding carboxylic acids is 2. The van der Waals surface area contributed by atoms with E-state index in [0.29, 0.717) is 0 Å². The smallest absolute Gasteiger partial charge is 0.303 e. The predicted molar refractivity (Wildman–Crippen MR) is 61.4 cm³/mol. The van der Waals surface area contributed by atoms with E-state index in [2.05, 4.69) is 10.6 Å². The van der Waals surface area contributed by atoms with Gasteiger partial charge in [-0.1, -0.05) is 0 Å². The highest BCUT2D eigenvalue weighted by Crippen LogP contribution is 1.98. The fourth-order valence-corrected chi connectivity index (χ4v) is 1.27. The first-order chi connectivity index (χ1) is 7.92. The van der Waals surface area contributed by atoms with Crippen LogP contribution in [0.15, 0.2) is 0 Å². The summed E-state index contributed by atoms with van der Waals surface area (Å²) in [7, 11) is 1.55. The van der Waals surface area contributed by atoms with Crippen LogP contribution in [0, 0.1) is 0 Å². The maximum Gasteiger partial charge on any atom is 0.303 e. The highest BCUT2D eigenvalue weighted by atomic mass is 16.4. The molecule has 1 amide bonds. The van der Waals surface area contributed by atoms with Crippen molar-refractivity contribution in [2.45, 2.75) is 31.8 Å². The molecule has 0 aromatic rings. The van der Waals surface area contributed by atoms with Crippen LogP contribution in [0.2, 0.25) is 0 Å². The van der Waals surface area contributed by atoms with Crippen molar-refractivity contribution in [1.82, 2.24) is 10.6 Å². The number of nitrogens with one attached hydrogen (secondary N) is 2. The topological polar surface area (TPSA) is 122 Å². The van der Waals surface area contributed by atoms with Crippen LogP contribution in [-0.2, 0) is 14.4 Å². The number of carboxylic acid groups (broad SMARTS) is 1. The first kappa shape index (κ1) is 15.5. The Labute approximate surface area is 99.7 Å². The SMILES string of the molecule is CN[C@@H](CCC(=O)O)C(=O)N[C@@H](CN)C(C)=O. The molecule has 17 heavy (non-hydrogen) atoms. The number of ketones is 1. The molecule has 0 aliphatic rings. The van der Waals surface area contributed by atoms with Gasteiger partial charge >= 0.3 is 5.97 Å². The van der Waals surface area contributed by atoms with E-state index in [-0.39, 0.29) is 25.2 Å². The summed E-state index contributed by atoms with van der Waals surface area (Å²) in [6.45, 7) is 1.36. The van der Waals surface area contributed by atoms with Gasteiger partial charge in [-0.3, -0.25) is 14.4 Å². The summed E-state index contributed by atoms with van der Waals surface area (Å²) in [6, 6.07) is -1.36. The number of rotatable bonds is 8. The van der Waals surface area contributed by atoms with E-state index in [9.17, 15) is 14.4 Å². The van der Waals surface area contributed by atoms with Crippen molar-refractivity contribution in [2.24, 2.45) is 5.73 Å². The van der Waals surface area contributed by atoms with Crippen LogP contribution >= 0.6 is 0 Å². The third-order valence-corrected chi connectivity index (χ3v) is 2.35. The van der Waals surface area contributed by atoms with Gasteiger partial charge in [0.15, 0.2) is 5.78 Å². The zero-order valence-electron chi connectivity index (χ0n) is 10.0. The standard InChI is InChI=1S/C10H19N3O4/c1-6(14)8(5-11)13-10(17)7(12-2)3-4-9(15)16/h7-8,12H,3-5,11H2,1-2H3,(H,13,17)(H,15,16)/t7-,8-/m0/s1. The van der Waals surface area contributed by atoms with Gasteiger partial charge in [0, 0.05) is 13.0 Å². The van der Waals surface area contributed by atoms with Crippen molar-refractivity contribution in [3.05, 3.63) is 0 Å². The molecule has 5 N–H and O–H groups in total. The second-order valence-electron chi connectivity index (χ2n) is 3.68. The van der Waals surface area contributed by atoms with Crippen LogP contribution in [0.3, 0.4) is 0 Å². The number of Topliss-reactive ketones (excluding diaryl/α,β-unsaturated/α-hetero) is 1. The molecule has 0 bridgehead atoms. The predicted octanol–water partition coefficient (Wildman–Crippen LogP) is -1.53. The van der Waals surface area contributed by atoms with E-state index in [4.69, 9.17) is 10.8 Å². The molecule has 0 saturated heterocycles. The molecule has 7 heteroatoms. The number of amides is 1. The molecule has 7 nitrogen and oxygen atoms in total. The van der Waals surface area contributed by atoms with Crippen LogP contribution in [0.5, 0.6) is 0 Å². The van der Waals surface area contributed by atoms with Crippen LogP contribution in [-0.4, -0.2) is 48.4 Å². The molecule has 0 aromatic heterocycles. The van der Waals surface area contributed by atoms with Crippen molar-refractivity contribution in [3.63, 3.8) is 0 Å². The van der Waals surface area contributed by atoms with Crippen LogP contribution in [0.4, 0.5) is 0 Å². The second kappa shape index (κ2) is 7.75. The van der Waals surface area contributed by atoms with Gasteiger partial charge in [0.25, 0.3) is 0 Å². The lowest BCUT2D eigenvalue weighted by Gasteiger charge is -2.19. The molecule has 0 radical (unpaired) electrons. The lowest BCUT2D eigenvalue weighted by atomic mass is 10.1. The van der Waals surface area contributed by atoms with E-state index in [1.807, 2.05) is 0 Å². The highest BCUT2D eigenvalue weighted by Gasteiger charge is 2.22. The first-order valence-electron chi connectivity index (χ1n) is 5.32. The average molecular weight is 245 g/mol. The number of likely N-dealkylation sites (N-methyl/N-ethyl adjacent to an activating group) is 1. The molecule has 0 aromatic carbocycles. The molecule has 0 aliphatic heterocycles. The molecule has 0 saturated carbocycles. The maximum atomic E-state index is 11.7. The van der Waals surface area contributed by atoms with Crippen molar-refractivity contribution in [3.8, 4) is 0 Å². The summed E-state index contributed by atoms with van der Waals surface area (Å²) in [5, 5.41) is 13.7. The van der Waals surface area contributed by atoms with E-state index in [1.165, 1.54) is 6.92 Å². The zero-order chi connectivity index (χ0) is 13.4. The quantitative estimate of drug-likeness (QED) is 0.411. The van der Waals surface area contributed by atoms with E-state index in [0.717, 1.165) is 0 Å². The number of aliphatic carboxylic acids is 1. The fourth-order valence-electron chi connectivity index (χ4n) is 1.27. The molecule has 0 unspecified atom stereocenters. The Balaban J connectivity index is 4.33. The highest BCUT2D eigenvalue weighted by molar-refractivity contribution is 5.90. The molecule has 0 aliphatic carbocycles. The summed E-state index contributed by atoms with van der Waals surface area (Å²) in [5.74, 6) is -1.62. The Morgan fingerprint density at radius 1 is 1.29 bits per heavy atom. The van der Waals surface area contributed by atoms with E-state index >= 15 is 0 Å².